The Labute approximate surface area is 138 Å². The lowest BCUT2D eigenvalue weighted by atomic mass is 10.2. The molecule has 0 saturated heterocycles. The molecule has 1 unspecified atom stereocenters. The second-order valence-corrected chi connectivity index (χ2v) is 6.01. The van der Waals surface area contributed by atoms with Gasteiger partial charge in [-0.1, -0.05) is 6.92 Å². The summed E-state index contributed by atoms with van der Waals surface area (Å²) >= 11 is 4.11. The third-order valence-corrected chi connectivity index (χ3v) is 4.19. The van der Waals surface area contributed by atoms with Gasteiger partial charge in [0.05, 0.1) is 12.8 Å². The molecule has 7 heteroatoms. The molecule has 1 atom stereocenters. The van der Waals surface area contributed by atoms with E-state index in [1.165, 1.54) is 6.92 Å². The second-order valence-electron chi connectivity index (χ2n) is 3.77. The van der Waals surface area contributed by atoms with Crippen LogP contribution in [-0.2, 0) is 9.59 Å². The predicted octanol–water partition coefficient (Wildman–Crippen LogP) is 3.10. The van der Waals surface area contributed by atoms with Crippen molar-refractivity contribution in [2.75, 3.05) is 5.32 Å². The predicted molar refractivity (Wildman–Crippen MR) is 88.5 cm³/mol. The third-order valence-electron chi connectivity index (χ3n) is 2.27. The molecular weight excluding hydrogens is 476 g/mol. The molecule has 5 nitrogen and oxygen atoms in total. The Hall–Kier alpha value is -0.580. The molecule has 0 aliphatic heterocycles. The highest BCUT2D eigenvalue weighted by molar-refractivity contribution is 14.1. The van der Waals surface area contributed by atoms with Gasteiger partial charge in [0.15, 0.2) is 6.10 Å². The van der Waals surface area contributed by atoms with Crippen LogP contribution >= 0.6 is 45.2 Å². The highest BCUT2D eigenvalue weighted by Gasteiger charge is 2.21. The molecule has 0 heterocycles. The summed E-state index contributed by atoms with van der Waals surface area (Å²) < 4.78 is 7.04. The maximum absolute atomic E-state index is 11.1. The van der Waals surface area contributed by atoms with E-state index in [9.17, 15) is 9.59 Å². The van der Waals surface area contributed by atoms with E-state index in [1.807, 2.05) is 22.6 Å². The first-order valence-corrected chi connectivity index (χ1v) is 7.67. The Kier molecular flexibility index (Phi) is 6.30. The number of hydrogen-bond acceptors (Lipinski definition) is 3. The van der Waals surface area contributed by atoms with Gasteiger partial charge in [0.25, 0.3) is 0 Å². The zero-order chi connectivity index (χ0) is 14.6. The summed E-state index contributed by atoms with van der Waals surface area (Å²) in [6.45, 7) is 3.16. The number of rotatable bonds is 5. The number of nitrogens with one attached hydrogen (secondary N) is 1. The van der Waals surface area contributed by atoms with Gasteiger partial charge < -0.3 is 15.2 Å². The zero-order valence-electron chi connectivity index (χ0n) is 10.4. The lowest BCUT2D eigenvalue weighted by Gasteiger charge is -2.17. The number of carbonyl (C=O) groups is 2. The highest BCUT2D eigenvalue weighted by atomic mass is 127. The summed E-state index contributed by atoms with van der Waals surface area (Å²) in [7, 11) is 0. The maximum atomic E-state index is 11.1. The molecular formula is C12H13I2NO4. The van der Waals surface area contributed by atoms with E-state index in [-0.39, 0.29) is 5.91 Å². The Morgan fingerprint density at radius 1 is 1.42 bits per heavy atom. The van der Waals surface area contributed by atoms with Gasteiger partial charge in [-0.2, -0.15) is 0 Å². The molecule has 0 saturated carbocycles. The van der Waals surface area contributed by atoms with Crippen molar-refractivity contribution < 1.29 is 19.4 Å². The van der Waals surface area contributed by atoms with Crippen LogP contribution in [0.4, 0.5) is 5.69 Å². The third kappa shape index (κ3) is 4.48. The minimum Gasteiger partial charge on any atom is -0.479 e. The Bertz CT molecular complexity index is 505. The Morgan fingerprint density at radius 2 is 2.05 bits per heavy atom. The van der Waals surface area contributed by atoms with Crippen LogP contribution in [0.1, 0.15) is 20.3 Å². The van der Waals surface area contributed by atoms with Gasteiger partial charge in [-0.25, -0.2) is 4.79 Å². The first-order chi connectivity index (χ1) is 8.86. The number of carboxylic acid groups (broad SMARTS) is 1. The summed E-state index contributed by atoms with van der Waals surface area (Å²) in [6, 6.07) is 3.54. The van der Waals surface area contributed by atoms with E-state index in [0.29, 0.717) is 21.4 Å². The minimum absolute atomic E-state index is 0.185. The van der Waals surface area contributed by atoms with Crippen LogP contribution in [0.25, 0.3) is 0 Å². The molecule has 1 amide bonds. The number of aliphatic carboxylic acids is 1. The largest absolute Gasteiger partial charge is 0.479 e. The summed E-state index contributed by atoms with van der Waals surface area (Å²) in [5, 5.41) is 11.7. The molecule has 104 valence electrons. The van der Waals surface area contributed by atoms with Gasteiger partial charge in [-0.15, -0.1) is 0 Å². The Balaban J connectivity index is 3.11. The number of carbonyl (C=O) groups excluding carboxylic acids is 1. The van der Waals surface area contributed by atoms with Crippen molar-refractivity contribution in [2.45, 2.75) is 26.4 Å². The fourth-order valence-electron chi connectivity index (χ4n) is 1.38. The summed E-state index contributed by atoms with van der Waals surface area (Å²) in [5.74, 6) is -0.698. The van der Waals surface area contributed by atoms with Crippen molar-refractivity contribution in [1.29, 1.82) is 0 Å². The fourth-order valence-corrected chi connectivity index (χ4v) is 3.20. The van der Waals surface area contributed by atoms with Crippen LogP contribution in [-0.4, -0.2) is 23.1 Å². The number of anilines is 1. The van der Waals surface area contributed by atoms with Crippen molar-refractivity contribution >= 4 is 62.7 Å². The van der Waals surface area contributed by atoms with Crippen LogP contribution in [0.15, 0.2) is 12.1 Å². The Morgan fingerprint density at radius 3 is 2.53 bits per heavy atom. The number of halogens is 2. The molecule has 0 bridgehead atoms. The van der Waals surface area contributed by atoms with Gasteiger partial charge >= 0.3 is 5.97 Å². The van der Waals surface area contributed by atoms with Crippen molar-refractivity contribution in [1.82, 2.24) is 0 Å². The number of carboxylic acids is 1. The molecule has 0 aromatic heterocycles. The smallest absolute Gasteiger partial charge is 0.344 e. The first-order valence-electron chi connectivity index (χ1n) is 5.51. The lowest BCUT2D eigenvalue weighted by Crippen LogP contribution is -2.26. The van der Waals surface area contributed by atoms with E-state index < -0.39 is 12.1 Å². The molecule has 1 aromatic rings. The molecule has 0 fully saturated rings. The van der Waals surface area contributed by atoms with Crippen LogP contribution in [0, 0.1) is 7.14 Å². The van der Waals surface area contributed by atoms with Crippen molar-refractivity contribution in [3.05, 3.63) is 19.3 Å². The summed E-state index contributed by atoms with van der Waals surface area (Å²) in [4.78, 5) is 22.1. The molecule has 2 N–H and O–H groups in total. The second kappa shape index (κ2) is 7.27. The fraction of sp³-hybridized carbons (Fsp3) is 0.333. The quantitative estimate of drug-likeness (QED) is 0.624. The van der Waals surface area contributed by atoms with Gasteiger partial charge in [-0.05, 0) is 63.7 Å². The number of amides is 1. The molecule has 0 spiro atoms. The number of benzene rings is 1. The first kappa shape index (κ1) is 16.5. The van der Waals surface area contributed by atoms with E-state index in [1.54, 1.807) is 19.1 Å². The zero-order valence-corrected chi connectivity index (χ0v) is 14.7. The molecule has 1 rings (SSSR count). The van der Waals surface area contributed by atoms with Gasteiger partial charge in [0.1, 0.15) is 5.75 Å². The van der Waals surface area contributed by atoms with E-state index in [0.717, 1.165) is 3.57 Å². The summed E-state index contributed by atoms with van der Waals surface area (Å²) in [5.41, 5.74) is 0.615. The average molecular weight is 489 g/mol. The van der Waals surface area contributed by atoms with Crippen LogP contribution in [0.2, 0.25) is 0 Å². The molecule has 0 aliphatic rings. The number of hydrogen-bond donors (Lipinski definition) is 2. The standard InChI is InChI=1S/C12H13I2NO4/c1-3-9(12(17)18)19-11-7(13)4-5-8(10(11)14)15-6(2)16/h4-5,9H,3H2,1-2H3,(H,15,16)(H,17,18). The topological polar surface area (TPSA) is 75.6 Å². The maximum Gasteiger partial charge on any atom is 0.344 e. The normalized spacial score (nSPS) is 11.8. The molecule has 0 radical (unpaired) electrons. The summed E-state index contributed by atoms with van der Waals surface area (Å²) in [6.07, 6.45) is -0.527. The average Bonchev–Trinajstić information content (AvgIpc) is 2.32. The molecule has 19 heavy (non-hydrogen) atoms. The minimum atomic E-state index is -1.00. The van der Waals surface area contributed by atoms with Crippen molar-refractivity contribution in [3.63, 3.8) is 0 Å². The van der Waals surface area contributed by atoms with Crippen molar-refractivity contribution in [3.8, 4) is 5.75 Å². The monoisotopic (exact) mass is 489 g/mol. The SMILES string of the molecule is CCC(Oc1c(I)ccc(NC(C)=O)c1I)C(=O)O. The van der Waals surface area contributed by atoms with E-state index >= 15 is 0 Å². The highest BCUT2D eigenvalue weighted by Crippen LogP contribution is 2.34. The van der Waals surface area contributed by atoms with Gasteiger partial charge in [0.2, 0.25) is 5.91 Å². The van der Waals surface area contributed by atoms with Crippen LogP contribution in [0.3, 0.4) is 0 Å². The van der Waals surface area contributed by atoms with E-state index in [2.05, 4.69) is 27.9 Å². The van der Waals surface area contributed by atoms with Gasteiger partial charge in [0, 0.05) is 6.92 Å². The van der Waals surface area contributed by atoms with Crippen molar-refractivity contribution in [2.24, 2.45) is 0 Å². The molecule has 1 aromatic carbocycles. The lowest BCUT2D eigenvalue weighted by molar-refractivity contribution is -0.145. The molecule has 0 aliphatic carbocycles. The van der Waals surface area contributed by atoms with Crippen LogP contribution < -0.4 is 10.1 Å². The van der Waals surface area contributed by atoms with Crippen LogP contribution in [0.5, 0.6) is 5.75 Å². The van der Waals surface area contributed by atoms with E-state index in [4.69, 9.17) is 9.84 Å². The number of ether oxygens (including phenoxy) is 1. The van der Waals surface area contributed by atoms with Gasteiger partial charge in [-0.3, -0.25) is 4.79 Å².